The Morgan fingerprint density at radius 1 is 1.64 bits per heavy atom. The maximum atomic E-state index is 9.52. The molecule has 0 rings (SSSR count). The molecule has 11 heavy (non-hydrogen) atoms. The van der Waals surface area contributed by atoms with Crippen LogP contribution in [0.5, 0.6) is 0 Å². The van der Waals surface area contributed by atoms with Crippen LogP contribution in [0.3, 0.4) is 0 Å². The maximum Gasteiger partial charge on any atom is 0.0831 e. The lowest BCUT2D eigenvalue weighted by atomic mass is 10.1. The highest BCUT2D eigenvalue weighted by Crippen LogP contribution is 2.18. The van der Waals surface area contributed by atoms with Gasteiger partial charge in [-0.2, -0.15) is 11.8 Å². The second-order valence-corrected chi connectivity index (χ2v) is 4.66. The fraction of sp³-hybridized carbons (Fsp3) is 1.00. The number of hydrogen-bond donors (Lipinski definition) is 2. The predicted octanol–water partition coefficient (Wildman–Crippen LogP) is 1.23. The summed E-state index contributed by atoms with van der Waals surface area (Å²) in [6.07, 6.45) is 1.14. The molecule has 0 fully saturated rings. The van der Waals surface area contributed by atoms with Crippen LogP contribution in [0.2, 0.25) is 0 Å². The first-order valence-electron chi connectivity index (χ1n) is 4.06. The van der Waals surface area contributed by atoms with Crippen LogP contribution in [0.25, 0.3) is 0 Å². The van der Waals surface area contributed by atoms with E-state index in [9.17, 15) is 5.11 Å². The highest BCUT2D eigenvalue weighted by Gasteiger charge is 2.18. The second kappa shape index (κ2) is 5.01. The molecular weight excluding hydrogens is 158 g/mol. The van der Waals surface area contributed by atoms with Crippen LogP contribution in [0.15, 0.2) is 0 Å². The third-order valence-electron chi connectivity index (χ3n) is 1.69. The molecule has 2 unspecified atom stereocenters. The van der Waals surface area contributed by atoms with E-state index in [-0.39, 0.29) is 0 Å². The van der Waals surface area contributed by atoms with Gasteiger partial charge in [0.2, 0.25) is 0 Å². The molecule has 68 valence electrons. The van der Waals surface area contributed by atoms with Gasteiger partial charge in [0, 0.05) is 17.5 Å². The van der Waals surface area contributed by atoms with Gasteiger partial charge in [0.25, 0.3) is 0 Å². The minimum Gasteiger partial charge on any atom is -0.388 e. The first-order valence-corrected chi connectivity index (χ1v) is 5.10. The maximum absolute atomic E-state index is 9.52. The van der Waals surface area contributed by atoms with Crippen molar-refractivity contribution in [1.29, 1.82) is 0 Å². The van der Waals surface area contributed by atoms with Gasteiger partial charge in [0.1, 0.15) is 0 Å². The van der Waals surface area contributed by atoms with Gasteiger partial charge in [0.15, 0.2) is 0 Å². The van der Waals surface area contributed by atoms with Crippen LogP contribution >= 0.6 is 11.8 Å². The summed E-state index contributed by atoms with van der Waals surface area (Å²) < 4.78 is 0. The molecule has 3 heteroatoms. The molecule has 0 aromatic carbocycles. The molecule has 0 spiro atoms. The van der Waals surface area contributed by atoms with Crippen molar-refractivity contribution in [2.24, 2.45) is 5.73 Å². The molecule has 0 aliphatic heterocycles. The average Bonchev–Trinajstić information content (AvgIpc) is 2.00. The summed E-state index contributed by atoms with van der Waals surface area (Å²) in [6, 6.07) is 0. The van der Waals surface area contributed by atoms with Crippen molar-refractivity contribution in [2.75, 3.05) is 12.3 Å². The Hall–Kier alpha value is 0.270. The SMILES string of the molecule is CCC(C)SCC(C)(O)CN. The van der Waals surface area contributed by atoms with Crippen LogP contribution in [-0.4, -0.2) is 28.3 Å². The van der Waals surface area contributed by atoms with E-state index in [1.165, 1.54) is 0 Å². The van der Waals surface area contributed by atoms with E-state index >= 15 is 0 Å². The molecule has 0 radical (unpaired) electrons. The van der Waals surface area contributed by atoms with Crippen molar-refractivity contribution < 1.29 is 5.11 Å². The van der Waals surface area contributed by atoms with Gasteiger partial charge >= 0.3 is 0 Å². The van der Waals surface area contributed by atoms with E-state index in [1.54, 1.807) is 18.7 Å². The van der Waals surface area contributed by atoms with E-state index in [0.717, 1.165) is 12.2 Å². The molecule has 0 aliphatic carbocycles. The molecule has 0 heterocycles. The zero-order chi connectivity index (χ0) is 8.91. The Bertz CT molecular complexity index is 106. The highest BCUT2D eigenvalue weighted by atomic mass is 32.2. The van der Waals surface area contributed by atoms with E-state index in [0.29, 0.717) is 11.8 Å². The fourth-order valence-electron chi connectivity index (χ4n) is 0.499. The predicted molar refractivity (Wildman–Crippen MR) is 51.9 cm³/mol. The Kier molecular flexibility index (Phi) is 5.13. The van der Waals surface area contributed by atoms with Crippen LogP contribution in [0, 0.1) is 0 Å². The molecule has 3 N–H and O–H groups in total. The topological polar surface area (TPSA) is 46.2 Å². The van der Waals surface area contributed by atoms with Gasteiger partial charge in [-0.3, -0.25) is 0 Å². The number of nitrogens with two attached hydrogens (primary N) is 1. The summed E-state index contributed by atoms with van der Waals surface area (Å²) in [5, 5.41) is 10.1. The third kappa shape index (κ3) is 5.53. The lowest BCUT2D eigenvalue weighted by molar-refractivity contribution is 0.0948. The van der Waals surface area contributed by atoms with Gasteiger partial charge in [-0.25, -0.2) is 0 Å². The van der Waals surface area contributed by atoms with Crippen molar-refractivity contribution in [3.8, 4) is 0 Å². The summed E-state index contributed by atoms with van der Waals surface area (Å²) >= 11 is 1.78. The third-order valence-corrected chi connectivity index (χ3v) is 3.38. The van der Waals surface area contributed by atoms with Crippen molar-refractivity contribution in [1.82, 2.24) is 0 Å². The number of hydrogen-bond acceptors (Lipinski definition) is 3. The largest absolute Gasteiger partial charge is 0.388 e. The average molecular weight is 177 g/mol. The van der Waals surface area contributed by atoms with Crippen molar-refractivity contribution >= 4 is 11.8 Å². The van der Waals surface area contributed by atoms with Crippen molar-refractivity contribution in [3.63, 3.8) is 0 Å². The van der Waals surface area contributed by atoms with Gasteiger partial charge in [-0.05, 0) is 13.3 Å². The Morgan fingerprint density at radius 2 is 2.18 bits per heavy atom. The Labute approximate surface area is 73.6 Å². The molecule has 0 aliphatic rings. The van der Waals surface area contributed by atoms with Gasteiger partial charge in [-0.1, -0.05) is 13.8 Å². The van der Waals surface area contributed by atoms with Crippen LogP contribution in [0.4, 0.5) is 0 Å². The molecule has 0 bridgehead atoms. The Morgan fingerprint density at radius 3 is 2.55 bits per heavy atom. The number of thioether (sulfide) groups is 1. The first kappa shape index (κ1) is 11.3. The highest BCUT2D eigenvalue weighted by molar-refractivity contribution is 7.99. The van der Waals surface area contributed by atoms with Gasteiger partial charge in [-0.15, -0.1) is 0 Å². The monoisotopic (exact) mass is 177 g/mol. The summed E-state index contributed by atoms with van der Waals surface area (Å²) in [5.41, 5.74) is 4.68. The second-order valence-electron chi connectivity index (χ2n) is 3.23. The lowest BCUT2D eigenvalue weighted by Crippen LogP contribution is -2.37. The molecule has 0 saturated heterocycles. The van der Waals surface area contributed by atoms with Gasteiger partial charge < -0.3 is 10.8 Å². The zero-order valence-electron chi connectivity index (χ0n) is 7.63. The molecule has 0 aromatic rings. The minimum atomic E-state index is -0.686. The number of rotatable bonds is 5. The minimum absolute atomic E-state index is 0.344. The summed E-state index contributed by atoms with van der Waals surface area (Å²) in [6.45, 7) is 6.44. The van der Waals surface area contributed by atoms with E-state index in [4.69, 9.17) is 5.73 Å². The molecular formula is C8H19NOS. The standard InChI is InChI=1S/C8H19NOS/c1-4-7(2)11-6-8(3,10)5-9/h7,10H,4-6,9H2,1-3H3. The van der Waals surface area contributed by atoms with Crippen LogP contribution < -0.4 is 5.73 Å². The molecule has 2 atom stereocenters. The van der Waals surface area contributed by atoms with Crippen LogP contribution in [-0.2, 0) is 0 Å². The van der Waals surface area contributed by atoms with Crippen molar-refractivity contribution in [2.45, 2.75) is 38.0 Å². The normalized spacial score (nSPS) is 19.4. The molecule has 0 saturated carbocycles. The summed E-state index contributed by atoms with van der Waals surface area (Å²) in [7, 11) is 0. The molecule has 0 amide bonds. The Balaban J connectivity index is 3.52. The van der Waals surface area contributed by atoms with E-state index in [2.05, 4.69) is 13.8 Å². The van der Waals surface area contributed by atoms with E-state index < -0.39 is 5.60 Å². The summed E-state index contributed by atoms with van der Waals surface area (Å²) in [4.78, 5) is 0. The zero-order valence-corrected chi connectivity index (χ0v) is 8.45. The molecule has 0 aromatic heterocycles. The summed E-state index contributed by atoms with van der Waals surface area (Å²) in [5.74, 6) is 0.735. The van der Waals surface area contributed by atoms with Gasteiger partial charge in [0.05, 0.1) is 5.60 Å². The number of aliphatic hydroxyl groups is 1. The lowest BCUT2D eigenvalue weighted by Gasteiger charge is -2.22. The fourth-order valence-corrected chi connectivity index (χ4v) is 1.50. The first-order chi connectivity index (χ1) is 5.02. The smallest absolute Gasteiger partial charge is 0.0831 e. The van der Waals surface area contributed by atoms with E-state index in [1.807, 2.05) is 0 Å². The molecule has 2 nitrogen and oxygen atoms in total. The van der Waals surface area contributed by atoms with Crippen molar-refractivity contribution in [3.05, 3.63) is 0 Å². The quantitative estimate of drug-likeness (QED) is 0.664. The van der Waals surface area contributed by atoms with Crippen LogP contribution in [0.1, 0.15) is 27.2 Å².